The van der Waals surface area contributed by atoms with E-state index in [2.05, 4.69) is 31.3 Å². The molecule has 1 amide bonds. The second-order valence-corrected chi connectivity index (χ2v) is 7.61. The van der Waals surface area contributed by atoms with Crippen molar-refractivity contribution in [2.24, 2.45) is 0 Å². The van der Waals surface area contributed by atoms with Crippen LogP contribution in [0.1, 0.15) is 21.6 Å². The van der Waals surface area contributed by atoms with Gasteiger partial charge < -0.3 is 5.32 Å². The molecule has 4 aromatic rings. The summed E-state index contributed by atoms with van der Waals surface area (Å²) in [5, 5.41) is 7.19. The number of carbonyl (C=O) groups is 1. The lowest BCUT2D eigenvalue weighted by molar-refractivity contribution is 0.102. The van der Waals surface area contributed by atoms with Crippen LogP contribution in [0.3, 0.4) is 0 Å². The summed E-state index contributed by atoms with van der Waals surface area (Å²) < 4.78 is 2.83. The first-order chi connectivity index (χ1) is 14.1. The topological polar surface area (TPSA) is 59.8 Å². The first kappa shape index (κ1) is 19.1. The summed E-state index contributed by atoms with van der Waals surface area (Å²) in [6.45, 7) is 2.50. The molecule has 0 spiro atoms. The fraction of sp³-hybridized carbons (Fsp3) is 0.0870. The molecule has 0 radical (unpaired) electrons. The standard InChI is InChI=1S/C23H19BrN4O/c1-16-21(9-10-22(26-16)18-6-3-7-19(24)14-18)23(29)27-20-8-2-5-17(13-20)15-28-12-4-11-25-28/h2-14H,15H2,1H3,(H,27,29). The Kier molecular flexibility index (Phi) is 5.53. The minimum Gasteiger partial charge on any atom is -0.322 e. The lowest BCUT2D eigenvalue weighted by Gasteiger charge is -2.10. The fourth-order valence-corrected chi connectivity index (χ4v) is 3.54. The molecule has 29 heavy (non-hydrogen) atoms. The number of nitrogens with zero attached hydrogens (tertiary/aromatic N) is 3. The summed E-state index contributed by atoms with van der Waals surface area (Å²) >= 11 is 3.48. The van der Waals surface area contributed by atoms with E-state index in [0.29, 0.717) is 17.8 Å². The Morgan fingerprint density at radius 2 is 1.93 bits per heavy atom. The molecule has 0 aliphatic rings. The first-order valence-corrected chi connectivity index (χ1v) is 9.99. The van der Waals surface area contributed by atoms with Crippen LogP contribution in [-0.2, 0) is 6.54 Å². The van der Waals surface area contributed by atoms with E-state index in [9.17, 15) is 4.79 Å². The van der Waals surface area contributed by atoms with Gasteiger partial charge in [0, 0.05) is 28.1 Å². The van der Waals surface area contributed by atoms with Gasteiger partial charge in [0.25, 0.3) is 5.91 Å². The van der Waals surface area contributed by atoms with Gasteiger partial charge in [0.1, 0.15) is 0 Å². The number of hydrogen-bond acceptors (Lipinski definition) is 3. The van der Waals surface area contributed by atoms with Crippen LogP contribution in [0.4, 0.5) is 5.69 Å². The van der Waals surface area contributed by atoms with Gasteiger partial charge in [-0.1, -0.05) is 40.2 Å². The number of benzene rings is 2. The normalized spacial score (nSPS) is 10.7. The van der Waals surface area contributed by atoms with E-state index in [4.69, 9.17) is 0 Å². The molecule has 6 heteroatoms. The van der Waals surface area contributed by atoms with Crippen LogP contribution in [0.2, 0.25) is 0 Å². The highest BCUT2D eigenvalue weighted by Crippen LogP contribution is 2.23. The second kappa shape index (κ2) is 8.41. The highest BCUT2D eigenvalue weighted by atomic mass is 79.9. The number of aryl methyl sites for hydroxylation is 1. The van der Waals surface area contributed by atoms with Crippen molar-refractivity contribution in [1.82, 2.24) is 14.8 Å². The van der Waals surface area contributed by atoms with Crippen molar-refractivity contribution < 1.29 is 4.79 Å². The number of halogens is 1. The van der Waals surface area contributed by atoms with E-state index in [0.717, 1.165) is 27.0 Å². The molecule has 0 aliphatic heterocycles. The zero-order valence-electron chi connectivity index (χ0n) is 15.8. The lowest BCUT2D eigenvalue weighted by atomic mass is 10.1. The summed E-state index contributed by atoms with van der Waals surface area (Å²) in [5.74, 6) is -0.174. The smallest absolute Gasteiger partial charge is 0.257 e. The monoisotopic (exact) mass is 446 g/mol. The van der Waals surface area contributed by atoms with E-state index < -0.39 is 0 Å². The number of aromatic nitrogens is 3. The molecule has 0 atom stereocenters. The van der Waals surface area contributed by atoms with Crippen molar-refractivity contribution in [3.63, 3.8) is 0 Å². The minimum atomic E-state index is -0.174. The maximum absolute atomic E-state index is 12.8. The number of pyridine rings is 1. The largest absolute Gasteiger partial charge is 0.322 e. The van der Waals surface area contributed by atoms with Gasteiger partial charge in [0.05, 0.1) is 23.5 Å². The van der Waals surface area contributed by atoms with E-state index in [-0.39, 0.29) is 5.91 Å². The van der Waals surface area contributed by atoms with Gasteiger partial charge in [-0.15, -0.1) is 0 Å². The fourth-order valence-electron chi connectivity index (χ4n) is 3.14. The summed E-state index contributed by atoms with van der Waals surface area (Å²) in [6.07, 6.45) is 3.66. The molecule has 0 saturated carbocycles. The molecule has 0 saturated heterocycles. The van der Waals surface area contributed by atoms with E-state index in [1.165, 1.54) is 0 Å². The van der Waals surface area contributed by atoms with Gasteiger partial charge in [0.15, 0.2) is 0 Å². The molecule has 2 heterocycles. The number of carbonyl (C=O) groups excluding carboxylic acids is 1. The van der Waals surface area contributed by atoms with Gasteiger partial charge in [-0.05, 0) is 55.0 Å². The second-order valence-electron chi connectivity index (χ2n) is 6.70. The molecular formula is C23H19BrN4O. The van der Waals surface area contributed by atoms with Crippen molar-refractivity contribution in [3.8, 4) is 11.3 Å². The third-order valence-electron chi connectivity index (χ3n) is 4.54. The Hall–Kier alpha value is -3.25. The Balaban J connectivity index is 1.51. The highest BCUT2D eigenvalue weighted by Gasteiger charge is 2.12. The molecule has 2 aromatic heterocycles. The Morgan fingerprint density at radius 1 is 1.07 bits per heavy atom. The molecule has 5 nitrogen and oxygen atoms in total. The Bertz CT molecular complexity index is 1160. The molecule has 2 aromatic carbocycles. The van der Waals surface area contributed by atoms with Crippen molar-refractivity contribution >= 4 is 27.5 Å². The number of amides is 1. The van der Waals surface area contributed by atoms with Crippen LogP contribution in [0.5, 0.6) is 0 Å². The molecule has 0 aliphatic carbocycles. The number of nitrogens with one attached hydrogen (secondary N) is 1. The van der Waals surface area contributed by atoms with E-state index >= 15 is 0 Å². The van der Waals surface area contributed by atoms with Crippen LogP contribution in [0.25, 0.3) is 11.3 Å². The molecule has 0 bridgehead atoms. The van der Waals surface area contributed by atoms with Crippen molar-refractivity contribution in [2.45, 2.75) is 13.5 Å². The summed E-state index contributed by atoms with van der Waals surface area (Å²) in [5.41, 5.74) is 4.89. The molecular weight excluding hydrogens is 428 g/mol. The van der Waals surface area contributed by atoms with Gasteiger partial charge in [-0.2, -0.15) is 5.10 Å². The molecule has 144 valence electrons. The average Bonchev–Trinajstić information content (AvgIpc) is 3.21. The zero-order valence-corrected chi connectivity index (χ0v) is 17.4. The Labute approximate surface area is 177 Å². The van der Waals surface area contributed by atoms with Crippen molar-refractivity contribution in [2.75, 3.05) is 5.32 Å². The third kappa shape index (κ3) is 4.60. The van der Waals surface area contributed by atoms with Crippen LogP contribution in [0.15, 0.2) is 83.6 Å². The molecule has 1 N–H and O–H groups in total. The van der Waals surface area contributed by atoms with Gasteiger partial charge >= 0.3 is 0 Å². The van der Waals surface area contributed by atoms with Gasteiger partial charge in [0.2, 0.25) is 0 Å². The summed E-state index contributed by atoms with van der Waals surface area (Å²) in [6, 6.07) is 21.3. The predicted octanol–water partition coefficient (Wildman–Crippen LogP) is 5.32. The molecule has 0 fully saturated rings. The molecule has 0 unspecified atom stereocenters. The van der Waals surface area contributed by atoms with Crippen LogP contribution < -0.4 is 5.32 Å². The number of hydrogen-bond donors (Lipinski definition) is 1. The van der Waals surface area contributed by atoms with Crippen LogP contribution in [-0.4, -0.2) is 20.7 Å². The lowest BCUT2D eigenvalue weighted by Crippen LogP contribution is -2.14. The first-order valence-electron chi connectivity index (χ1n) is 9.20. The summed E-state index contributed by atoms with van der Waals surface area (Å²) in [4.78, 5) is 17.4. The Morgan fingerprint density at radius 3 is 2.69 bits per heavy atom. The van der Waals surface area contributed by atoms with Gasteiger partial charge in [-0.3, -0.25) is 14.5 Å². The third-order valence-corrected chi connectivity index (χ3v) is 5.03. The predicted molar refractivity (Wildman–Crippen MR) is 118 cm³/mol. The highest BCUT2D eigenvalue weighted by molar-refractivity contribution is 9.10. The average molecular weight is 447 g/mol. The van der Waals surface area contributed by atoms with Crippen molar-refractivity contribution in [1.29, 1.82) is 0 Å². The molecule has 4 rings (SSSR count). The summed E-state index contributed by atoms with van der Waals surface area (Å²) in [7, 11) is 0. The van der Waals surface area contributed by atoms with E-state index in [1.54, 1.807) is 6.20 Å². The van der Waals surface area contributed by atoms with Crippen molar-refractivity contribution in [3.05, 3.63) is 100 Å². The van der Waals surface area contributed by atoms with E-state index in [1.807, 2.05) is 84.5 Å². The minimum absolute atomic E-state index is 0.174. The van der Waals surface area contributed by atoms with Crippen LogP contribution in [0, 0.1) is 6.92 Å². The number of anilines is 1. The van der Waals surface area contributed by atoms with Crippen LogP contribution >= 0.6 is 15.9 Å². The maximum Gasteiger partial charge on any atom is 0.257 e. The SMILES string of the molecule is Cc1nc(-c2cccc(Br)c2)ccc1C(=O)Nc1cccc(Cn2cccn2)c1. The van der Waals surface area contributed by atoms with Gasteiger partial charge in [-0.25, -0.2) is 0 Å². The number of rotatable bonds is 5. The zero-order chi connectivity index (χ0) is 20.2. The quantitative estimate of drug-likeness (QED) is 0.451. The maximum atomic E-state index is 12.8.